The van der Waals surface area contributed by atoms with Crippen molar-refractivity contribution in [1.82, 2.24) is 0 Å². The Labute approximate surface area is 106 Å². The maximum atomic E-state index is 5.98. The van der Waals surface area contributed by atoms with E-state index in [1.54, 1.807) is 0 Å². The lowest BCUT2D eigenvalue weighted by molar-refractivity contribution is 0.311. The van der Waals surface area contributed by atoms with Gasteiger partial charge in [-0.2, -0.15) is 0 Å². The minimum atomic E-state index is 0.207. The smallest absolute Gasteiger partial charge is 0.136 e. The Balaban J connectivity index is 2.84. The second-order valence-electron chi connectivity index (χ2n) is 3.95. The van der Waals surface area contributed by atoms with Gasteiger partial charge in [0.05, 0.1) is 11.1 Å². The van der Waals surface area contributed by atoms with Gasteiger partial charge in [0.15, 0.2) is 0 Å². The van der Waals surface area contributed by atoms with Crippen LogP contribution in [0, 0.1) is 0 Å². The van der Waals surface area contributed by atoms with Crippen LogP contribution in [0.25, 0.3) is 0 Å². The van der Waals surface area contributed by atoms with Crippen molar-refractivity contribution in [3.05, 3.63) is 28.2 Å². The van der Waals surface area contributed by atoms with Crippen LogP contribution in [0.2, 0.25) is 0 Å². The molecule has 2 N–H and O–H groups in total. The van der Waals surface area contributed by atoms with E-state index in [2.05, 4.69) is 35.8 Å². The molecule has 0 amide bonds. The van der Waals surface area contributed by atoms with Crippen molar-refractivity contribution < 1.29 is 4.74 Å². The van der Waals surface area contributed by atoms with E-state index in [0.717, 1.165) is 36.1 Å². The molecule has 0 bridgehead atoms. The van der Waals surface area contributed by atoms with E-state index in [1.807, 2.05) is 12.1 Å². The number of hydrogen-bond donors (Lipinski definition) is 1. The molecule has 0 aliphatic carbocycles. The lowest BCUT2D eigenvalue weighted by atomic mass is 10.0. The van der Waals surface area contributed by atoms with Gasteiger partial charge in [0.1, 0.15) is 5.75 Å². The minimum Gasteiger partial charge on any atom is -0.492 e. The monoisotopic (exact) mass is 285 g/mol. The van der Waals surface area contributed by atoms with Crippen LogP contribution in [-0.4, -0.2) is 12.6 Å². The van der Waals surface area contributed by atoms with Crippen LogP contribution < -0.4 is 10.5 Å². The first-order chi connectivity index (χ1) is 7.69. The van der Waals surface area contributed by atoms with E-state index >= 15 is 0 Å². The summed E-state index contributed by atoms with van der Waals surface area (Å²) in [6, 6.07) is 6.33. The molecule has 0 spiro atoms. The molecule has 1 unspecified atom stereocenters. The molecule has 1 atom stereocenters. The Morgan fingerprint density at radius 2 is 2.12 bits per heavy atom. The molecule has 1 aromatic carbocycles. The van der Waals surface area contributed by atoms with Crippen LogP contribution in [-0.2, 0) is 6.42 Å². The molecule has 0 radical (unpaired) electrons. The zero-order chi connectivity index (χ0) is 12.0. The van der Waals surface area contributed by atoms with Gasteiger partial charge < -0.3 is 10.5 Å². The van der Waals surface area contributed by atoms with Gasteiger partial charge >= 0.3 is 0 Å². The molecule has 90 valence electrons. The summed E-state index contributed by atoms with van der Waals surface area (Å²) in [4.78, 5) is 0. The average molecular weight is 286 g/mol. The summed E-state index contributed by atoms with van der Waals surface area (Å²) < 4.78 is 6.78. The highest BCUT2D eigenvalue weighted by Gasteiger charge is 2.10. The van der Waals surface area contributed by atoms with E-state index in [9.17, 15) is 0 Å². The lowest BCUT2D eigenvalue weighted by Crippen LogP contribution is -2.21. The Morgan fingerprint density at radius 1 is 1.38 bits per heavy atom. The summed E-state index contributed by atoms with van der Waals surface area (Å²) >= 11 is 3.52. The molecule has 0 aromatic heterocycles. The van der Waals surface area contributed by atoms with Crippen LogP contribution in [0.5, 0.6) is 5.75 Å². The third kappa shape index (κ3) is 3.80. The van der Waals surface area contributed by atoms with E-state index in [4.69, 9.17) is 10.5 Å². The minimum absolute atomic E-state index is 0.207. The summed E-state index contributed by atoms with van der Waals surface area (Å²) in [6.07, 6.45) is 2.87. The SMILES string of the molecule is CCCOc1c(Br)cccc1CC(N)CC. The van der Waals surface area contributed by atoms with Crippen molar-refractivity contribution in [1.29, 1.82) is 0 Å². The summed E-state index contributed by atoms with van der Waals surface area (Å²) in [6.45, 7) is 4.96. The zero-order valence-corrected chi connectivity index (χ0v) is 11.6. The fraction of sp³-hybridized carbons (Fsp3) is 0.538. The van der Waals surface area contributed by atoms with Crippen LogP contribution in [0.3, 0.4) is 0 Å². The highest BCUT2D eigenvalue weighted by atomic mass is 79.9. The van der Waals surface area contributed by atoms with E-state index in [0.29, 0.717) is 0 Å². The van der Waals surface area contributed by atoms with E-state index in [-0.39, 0.29) is 6.04 Å². The molecule has 2 nitrogen and oxygen atoms in total. The topological polar surface area (TPSA) is 35.2 Å². The Kier molecular flexibility index (Phi) is 5.85. The molecule has 0 fully saturated rings. The number of para-hydroxylation sites is 1. The molecule has 0 heterocycles. The van der Waals surface area contributed by atoms with Gasteiger partial charge in [0.2, 0.25) is 0 Å². The maximum Gasteiger partial charge on any atom is 0.136 e. The Hall–Kier alpha value is -0.540. The van der Waals surface area contributed by atoms with Gasteiger partial charge in [-0.25, -0.2) is 0 Å². The highest BCUT2D eigenvalue weighted by Crippen LogP contribution is 2.30. The fourth-order valence-corrected chi connectivity index (χ4v) is 2.03. The van der Waals surface area contributed by atoms with Gasteiger partial charge in [-0.05, 0) is 46.8 Å². The summed E-state index contributed by atoms with van der Waals surface area (Å²) in [5.41, 5.74) is 7.17. The first-order valence-corrected chi connectivity index (χ1v) is 6.64. The number of halogens is 1. The molecule has 0 saturated carbocycles. The average Bonchev–Trinajstić information content (AvgIpc) is 2.28. The first-order valence-electron chi connectivity index (χ1n) is 5.84. The normalized spacial score (nSPS) is 12.5. The fourth-order valence-electron chi connectivity index (χ4n) is 1.51. The van der Waals surface area contributed by atoms with Crippen molar-refractivity contribution in [2.45, 2.75) is 39.2 Å². The quantitative estimate of drug-likeness (QED) is 0.868. The number of ether oxygens (including phenoxy) is 1. The van der Waals surface area contributed by atoms with Crippen molar-refractivity contribution in [3.8, 4) is 5.75 Å². The van der Waals surface area contributed by atoms with Crippen molar-refractivity contribution in [2.75, 3.05) is 6.61 Å². The van der Waals surface area contributed by atoms with Gasteiger partial charge in [-0.1, -0.05) is 26.0 Å². The van der Waals surface area contributed by atoms with Crippen LogP contribution >= 0.6 is 15.9 Å². The summed E-state index contributed by atoms with van der Waals surface area (Å²) in [5, 5.41) is 0. The standard InChI is InChI=1S/C13H20BrNO/c1-3-8-16-13-10(9-11(15)4-2)6-5-7-12(13)14/h5-7,11H,3-4,8-9,15H2,1-2H3. The van der Waals surface area contributed by atoms with Crippen molar-refractivity contribution in [3.63, 3.8) is 0 Å². The molecule has 3 heteroatoms. The van der Waals surface area contributed by atoms with Gasteiger partial charge in [-0.3, -0.25) is 0 Å². The van der Waals surface area contributed by atoms with E-state index < -0.39 is 0 Å². The molecule has 0 aliphatic heterocycles. The number of benzene rings is 1. The Morgan fingerprint density at radius 3 is 2.75 bits per heavy atom. The number of hydrogen-bond acceptors (Lipinski definition) is 2. The van der Waals surface area contributed by atoms with Crippen LogP contribution in [0.1, 0.15) is 32.3 Å². The largest absolute Gasteiger partial charge is 0.492 e. The predicted molar refractivity (Wildman–Crippen MR) is 71.9 cm³/mol. The third-order valence-electron chi connectivity index (χ3n) is 2.51. The molecule has 0 aliphatic rings. The Bertz CT molecular complexity index is 328. The maximum absolute atomic E-state index is 5.98. The zero-order valence-electron chi connectivity index (χ0n) is 10.0. The molecule has 1 rings (SSSR count). The summed E-state index contributed by atoms with van der Waals surface area (Å²) in [7, 11) is 0. The van der Waals surface area contributed by atoms with Crippen molar-refractivity contribution >= 4 is 15.9 Å². The molecule has 16 heavy (non-hydrogen) atoms. The molecule has 1 aromatic rings. The van der Waals surface area contributed by atoms with Crippen molar-refractivity contribution in [2.24, 2.45) is 5.73 Å². The second kappa shape index (κ2) is 6.92. The second-order valence-corrected chi connectivity index (χ2v) is 4.80. The van der Waals surface area contributed by atoms with Crippen LogP contribution in [0.4, 0.5) is 0 Å². The van der Waals surface area contributed by atoms with Gasteiger partial charge in [0, 0.05) is 6.04 Å². The number of nitrogens with two attached hydrogens (primary N) is 1. The molecular weight excluding hydrogens is 266 g/mol. The number of rotatable bonds is 6. The lowest BCUT2D eigenvalue weighted by Gasteiger charge is -2.15. The van der Waals surface area contributed by atoms with Gasteiger partial charge in [-0.15, -0.1) is 0 Å². The molecule has 0 saturated heterocycles. The van der Waals surface area contributed by atoms with Gasteiger partial charge in [0.25, 0.3) is 0 Å². The third-order valence-corrected chi connectivity index (χ3v) is 3.13. The van der Waals surface area contributed by atoms with Crippen LogP contribution in [0.15, 0.2) is 22.7 Å². The summed E-state index contributed by atoms with van der Waals surface area (Å²) in [5.74, 6) is 0.952. The highest BCUT2D eigenvalue weighted by molar-refractivity contribution is 9.10. The van der Waals surface area contributed by atoms with E-state index in [1.165, 1.54) is 5.56 Å². The predicted octanol–water partition coefficient (Wildman–Crippen LogP) is 3.52. The molecular formula is C13H20BrNO. The first kappa shape index (κ1) is 13.5.